The van der Waals surface area contributed by atoms with E-state index in [-0.39, 0.29) is 11.8 Å². The fraction of sp³-hybridized carbons (Fsp3) is 0.273. The lowest BCUT2D eigenvalue weighted by Crippen LogP contribution is -2.25. The predicted molar refractivity (Wildman–Crippen MR) is 133 cm³/mol. The predicted octanol–water partition coefficient (Wildman–Crippen LogP) is 2.86. The van der Waals surface area contributed by atoms with E-state index < -0.39 is 21.9 Å². The van der Waals surface area contributed by atoms with Gasteiger partial charge in [-0.05, 0) is 30.3 Å². The summed E-state index contributed by atoms with van der Waals surface area (Å²) in [5, 5.41) is 13.2. The van der Waals surface area contributed by atoms with Gasteiger partial charge in [0.1, 0.15) is 34.7 Å². The minimum Gasteiger partial charge on any atom is -0.494 e. The van der Waals surface area contributed by atoms with Crippen molar-refractivity contribution in [3.63, 3.8) is 0 Å². The summed E-state index contributed by atoms with van der Waals surface area (Å²) < 4.78 is 48.6. The third kappa shape index (κ3) is 5.27. The van der Waals surface area contributed by atoms with Crippen LogP contribution in [0.15, 0.2) is 48.8 Å². The number of sulfonamides is 1. The molecule has 0 aliphatic carbocycles. The number of aromatic nitrogens is 6. The molecule has 0 fully saturated rings. The number of methoxy groups -OCH3 is 3. The zero-order valence-corrected chi connectivity index (χ0v) is 21.5. The summed E-state index contributed by atoms with van der Waals surface area (Å²) in [7, 11) is 2.13. The number of hydrogen-bond donors (Lipinski definition) is 1. The van der Waals surface area contributed by atoms with Crippen molar-refractivity contribution in [2.24, 2.45) is 7.05 Å². The van der Waals surface area contributed by atoms with Crippen LogP contribution in [0.25, 0.3) is 17.2 Å². The zero-order valence-electron chi connectivity index (χ0n) is 19.9. The Hall–Kier alpha value is -3.68. The summed E-state index contributed by atoms with van der Waals surface area (Å²) in [4.78, 5) is 4.17. The summed E-state index contributed by atoms with van der Waals surface area (Å²) in [5.41, 5.74) is 1.27. The van der Waals surface area contributed by atoms with E-state index in [0.29, 0.717) is 33.6 Å². The van der Waals surface area contributed by atoms with Crippen molar-refractivity contribution >= 4 is 27.6 Å². The van der Waals surface area contributed by atoms with Gasteiger partial charge in [0.15, 0.2) is 5.82 Å². The summed E-state index contributed by atoms with van der Waals surface area (Å²) in [6.45, 7) is 0. The first-order chi connectivity index (χ1) is 17.3. The number of hydrogen-bond acceptors (Lipinski definition) is 9. The number of rotatable bonds is 10. The van der Waals surface area contributed by atoms with E-state index in [2.05, 4.69) is 25.0 Å². The molecule has 1 N–H and O–H groups in total. The van der Waals surface area contributed by atoms with Crippen molar-refractivity contribution in [2.45, 2.75) is 6.10 Å². The smallest absolute Gasteiger partial charge is 0.243 e. The second-order valence-electron chi connectivity index (χ2n) is 7.58. The number of para-hydroxylation sites is 1. The second kappa shape index (κ2) is 10.5. The normalized spacial score (nSPS) is 12.4. The molecule has 0 aliphatic rings. The van der Waals surface area contributed by atoms with Crippen LogP contribution in [0.3, 0.4) is 0 Å². The van der Waals surface area contributed by atoms with Crippen LogP contribution >= 0.6 is 11.6 Å². The third-order valence-electron chi connectivity index (χ3n) is 5.21. The number of benzene rings is 1. The van der Waals surface area contributed by atoms with E-state index in [0.717, 1.165) is 0 Å². The van der Waals surface area contributed by atoms with E-state index in [9.17, 15) is 8.42 Å². The molecule has 4 rings (SSSR count). The molecule has 0 saturated heterocycles. The van der Waals surface area contributed by atoms with Gasteiger partial charge in [-0.2, -0.15) is 5.10 Å². The highest BCUT2D eigenvalue weighted by molar-refractivity contribution is 7.92. The summed E-state index contributed by atoms with van der Waals surface area (Å²) in [6.07, 6.45) is 2.30. The van der Waals surface area contributed by atoms with Crippen molar-refractivity contribution in [1.29, 1.82) is 0 Å². The van der Waals surface area contributed by atoms with Gasteiger partial charge in [0.2, 0.25) is 16.0 Å². The van der Waals surface area contributed by atoms with Gasteiger partial charge >= 0.3 is 0 Å². The lowest BCUT2D eigenvalue weighted by molar-refractivity contribution is 0.118. The summed E-state index contributed by atoms with van der Waals surface area (Å²) >= 11 is 5.90. The third-order valence-corrected chi connectivity index (χ3v) is 6.67. The Balaban J connectivity index is 1.78. The SMILES string of the molecule is COc1cccc(OC)c1-n1c(NS(=O)(=O)CC(OC)c2ccc(Cl)cn2)nnc1-c1ccn(C)n1. The van der Waals surface area contributed by atoms with E-state index in [1.165, 1.54) is 32.1 Å². The molecule has 1 aromatic carbocycles. The van der Waals surface area contributed by atoms with Gasteiger partial charge in [-0.3, -0.25) is 19.0 Å². The second-order valence-corrected chi connectivity index (χ2v) is 9.78. The average molecular weight is 534 g/mol. The van der Waals surface area contributed by atoms with Crippen LogP contribution in [0, 0.1) is 0 Å². The Kier molecular flexibility index (Phi) is 7.43. The first-order valence-electron chi connectivity index (χ1n) is 10.6. The molecule has 0 spiro atoms. The molecule has 0 aliphatic heterocycles. The molecule has 3 aromatic heterocycles. The van der Waals surface area contributed by atoms with Gasteiger partial charge in [0, 0.05) is 26.6 Å². The molecule has 0 bridgehead atoms. The van der Waals surface area contributed by atoms with Crippen molar-refractivity contribution < 1.29 is 22.6 Å². The molecule has 0 radical (unpaired) electrons. The molecular weight excluding hydrogens is 510 g/mol. The van der Waals surface area contributed by atoms with Crippen LogP contribution in [0.5, 0.6) is 11.5 Å². The molecule has 36 heavy (non-hydrogen) atoms. The topological polar surface area (TPSA) is 135 Å². The van der Waals surface area contributed by atoms with Crippen LogP contribution in [-0.4, -0.2) is 65.0 Å². The fourth-order valence-electron chi connectivity index (χ4n) is 3.55. The van der Waals surface area contributed by atoms with E-state index in [1.54, 1.807) is 54.3 Å². The Morgan fingerprint density at radius 3 is 2.33 bits per heavy atom. The Labute approximate surface area is 212 Å². The average Bonchev–Trinajstić information content (AvgIpc) is 3.47. The highest BCUT2D eigenvalue weighted by Crippen LogP contribution is 2.37. The lowest BCUT2D eigenvalue weighted by atomic mass is 10.2. The van der Waals surface area contributed by atoms with Gasteiger partial charge in [0.05, 0.1) is 24.9 Å². The number of ether oxygens (including phenoxy) is 3. The highest BCUT2D eigenvalue weighted by atomic mass is 35.5. The van der Waals surface area contributed by atoms with Gasteiger partial charge in [0.25, 0.3) is 0 Å². The zero-order chi connectivity index (χ0) is 25.9. The van der Waals surface area contributed by atoms with E-state index >= 15 is 0 Å². The van der Waals surface area contributed by atoms with Crippen LogP contribution < -0.4 is 14.2 Å². The van der Waals surface area contributed by atoms with Crippen molar-refractivity contribution in [1.82, 2.24) is 29.5 Å². The maximum atomic E-state index is 13.2. The van der Waals surface area contributed by atoms with Crippen molar-refractivity contribution in [2.75, 3.05) is 31.8 Å². The van der Waals surface area contributed by atoms with E-state index in [4.69, 9.17) is 25.8 Å². The highest BCUT2D eigenvalue weighted by Gasteiger charge is 2.28. The van der Waals surface area contributed by atoms with Crippen LogP contribution in [0.1, 0.15) is 11.8 Å². The minimum absolute atomic E-state index is 0.0858. The minimum atomic E-state index is -4.02. The van der Waals surface area contributed by atoms with Crippen molar-refractivity contribution in [3.8, 4) is 28.7 Å². The quantitative estimate of drug-likeness (QED) is 0.326. The maximum Gasteiger partial charge on any atom is 0.243 e. The Morgan fingerprint density at radius 2 is 1.78 bits per heavy atom. The van der Waals surface area contributed by atoms with Gasteiger partial charge in [-0.25, -0.2) is 8.42 Å². The molecule has 1 unspecified atom stereocenters. The van der Waals surface area contributed by atoms with Gasteiger partial charge in [-0.1, -0.05) is 17.7 Å². The maximum absolute atomic E-state index is 13.2. The number of aryl methyl sites for hydroxylation is 1. The van der Waals surface area contributed by atoms with Gasteiger partial charge < -0.3 is 14.2 Å². The number of halogens is 1. The fourth-order valence-corrected chi connectivity index (χ4v) is 4.86. The molecule has 3 heterocycles. The van der Waals surface area contributed by atoms with Crippen molar-refractivity contribution in [3.05, 3.63) is 59.5 Å². The lowest BCUT2D eigenvalue weighted by Gasteiger charge is -2.18. The van der Waals surface area contributed by atoms with Crippen LogP contribution in [0.2, 0.25) is 5.02 Å². The monoisotopic (exact) mass is 533 g/mol. The molecule has 0 amide bonds. The molecule has 12 nitrogen and oxygen atoms in total. The largest absolute Gasteiger partial charge is 0.494 e. The molecule has 0 saturated carbocycles. The Morgan fingerprint density at radius 1 is 1.06 bits per heavy atom. The van der Waals surface area contributed by atoms with E-state index in [1.807, 2.05) is 0 Å². The summed E-state index contributed by atoms with van der Waals surface area (Å²) in [5.74, 6) is 0.572. The molecule has 1 atom stereocenters. The standard InChI is InChI=1S/C22H24ClN7O5S/c1-29-11-10-16(27-29)21-25-26-22(30(21)20-17(33-2)6-5-7-18(20)34-3)28-36(31,32)13-19(35-4)15-9-8-14(23)12-24-15/h5-12,19H,13H2,1-4H3,(H,26,28). The number of pyridine rings is 1. The van der Waals surface area contributed by atoms with Gasteiger partial charge in [-0.15, -0.1) is 10.2 Å². The molecule has 14 heteroatoms. The van der Waals surface area contributed by atoms with Crippen LogP contribution in [0.4, 0.5) is 5.95 Å². The number of nitrogens with one attached hydrogen (secondary N) is 1. The Bertz CT molecular complexity index is 1430. The summed E-state index contributed by atoms with van der Waals surface area (Å²) in [6, 6.07) is 10.1. The molecule has 4 aromatic rings. The number of anilines is 1. The number of nitrogens with zero attached hydrogens (tertiary/aromatic N) is 6. The molecular formula is C22H24ClN7O5S. The first-order valence-corrected chi connectivity index (χ1v) is 12.6. The molecule has 190 valence electrons. The van der Waals surface area contributed by atoms with Crippen LogP contribution in [-0.2, 0) is 21.8 Å². The first kappa shape index (κ1) is 25.4.